The van der Waals surface area contributed by atoms with Gasteiger partial charge in [-0.05, 0) is 111 Å². The van der Waals surface area contributed by atoms with Crippen molar-refractivity contribution in [2.45, 2.75) is 84.2 Å². The van der Waals surface area contributed by atoms with Crippen LogP contribution in [0.3, 0.4) is 0 Å². The van der Waals surface area contributed by atoms with Crippen LogP contribution in [-0.2, 0) is 4.79 Å². The number of rotatable bonds is 4. The maximum Gasteiger partial charge on any atom is 0.155 e. The number of fused-ring (bicyclic) bond motifs is 5. The highest BCUT2D eigenvalue weighted by Gasteiger charge is 2.61. The van der Waals surface area contributed by atoms with E-state index in [1.165, 1.54) is 38.5 Å². The summed E-state index contributed by atoms with van der Waals surface area (Å²) in [6.45, 7) is 7.51. The van der Waals surface area contributed by atoms with Crippen molar-refractivity contribution in [1.82, 2.24) is 0 Å². The summed E-state index contributed by atoms with van der Waals surface area (Å²) >= 11 is 0. The molecule has 170 valence electrons. The summed E-state index contributed by atoms with van der Waals surface area (Å²) in [5.41, 5.74) is 1.15. The molecule has 1 aromatic rings. The molecule has 4 aliphatic rings. The van der Waals surface area contributed by atoms with Gasteiger partial charge in [0, 0.05) is 11.6 Å². The van der Waals surface area contributed by atoms with Crippen LogP contribution in [0.15, 0.2) is 30.3 Å². The average Bonchev–Trinajstić information content (AvgIpc) is 3.10. The fraction of sp³-hybridized carbons (Fsp3) is 0.750. The van der Waals surface area contributed by atoms with Gasteiger partial charge in [0.05, 0.1) is 12.1 Å². The molecule has 8 atom stereocenters. The third-order valence-electron chi connectivity index (χ3n) is 10.6. The number of ketones is 1. The third kappa shape index (κ3) is 3.56. The Morgan fingerprint density at radius 1 is 0.935 bits per heavy atom. The minimum absolute atomic E-state index is 0.181. The smallest absolute Gasteiger partial charge is 0.155 e. The van der Waals surface area contributed by atoms with Gasteiger partial charge in [0.2, 0.25) is 0 Å². The van der Waals surface area contributed by atoms with Gasteiger partial charge in [0.25, 0.3) is 0 Å². The lowest BCUT2D eigenvalue weighted by molar-refractivity contribution is -0.150. The molecule has 31 heavy (non-hydrogen) atoms. The van der Waals surface area contributed by atoms with Crippen LogP contribution < -0.4 is 5.32 Å². The fourth-order valence-electron chi connectivity index (χ4n) is 8.83. The zero-order chi connectivity index (χ0) is 21.9. The van der Waals surface area contributed by atoms with E-state index in [-0.39, 0.29) is 11.3 Å². The SMILES string of the molecule is C[C@@]1(O)CC[C@@]2(C)[C@@H](CC[C@@H]3[C@@H]2CC[C@]2(C)[C@@H](C(=O)CNc4ccccc4)CC[C@@H]32)C1. The van der Waals surface area contributed by atoms with Gasteiger partial charge in [0.15, 0.2) is 5.78 Å². The summed E-state index contributed by atoms with van der Waals surface area (Å²) in [4.78, 5) is 13.3. The lowest BCUT2D eigenvalue weighted by Crippen LogP contribution is -2.55. The molecular formula is C28H41NO2. The van der Waals surface area contributed by atoms with Crippen LogP contribution in [0.2, 0.25) is 0 Å². The van der Waals surface area contributed by atoms with E-state index in [2.05, 4.69) is 19.2 Å². The molecule has 0 bridgehead atoms. The van der Waals surface area contributed by atoms with E-state index in [9.17, 15) is 9.90 Å². The molecule has 5 rings (SSSR count). The van der Waals surface area contributed by atoms with E-state index >= 15 is 0 Å². The first-order chi connectivity index (χ1) is 14.7. The predicted molar refractivity (Wildman–Crippen MR) is 126 cm³/mol. The van der Waals surface area contributed by atoms with Crippen molar-refractivity contribution in [3.8, 4) is 0 Å². The highest BCUT2D eigenvalue weighted by atomic mass is 16.3. The minimum atomic E-state index is -0.461. The van der Waals surface area contributed by atoms with Crippen molar-refractivity contribution in [1.29, 1.82) is 0 Å². The second-order valence-electron chi connectivity index (χ2n) is 12.2. The van der Waals surface area contributed by atoms with Gasteiger partial charge in [-0.15, -0.1) is 0 Å². The Bertz CT molecular complexity index is 820. The fourth-order valence-corrected chi connectivity index (χ4v) is 8.83. The summed E-state index contributed by atoms with van der Waals surface area (Å²) in [7, 11) is 0. The van der Waals surface area contributed by atoms with Crippen molar-refractivity contribution < 1.29 is 9.90 Å². The van der Waals surface area contributed by atoms with E-state index in [1.54, 1.807) is 0 Å². The largest absolute Gasteiger partial charge is 0.390 e. The van der Waals surface area contributed by atoms with Gasteiger partial charge in [-0.1, -0.05) is 32.0 Å². The molecule has 3 nitrogen and oxygen atoms in total. The molecule has 0 radical (unpaired) electrons. The molecule has 4 fully saturated rings. The van der Waals surface area contributed by atoms with Crippen LogP contribution in [0.25, 0.3) is 0 Å². The van der Waals surface area contributed by atoms with Gasteiger partial charge < -0.3 is 10.4 Å². The number of aliphatic hydroxyl groups is 1. The summed E-state index contributed by atoms with van der Waals surface area (Å²) in [6, 6.07) is 10.1. The Morgan fingerprint density at radius 2 is 1.68 bits per heavy atom. The average molecular weight is 424 g/mol. The van der Waals surface area contributed by atoms with Gasteiger partial charge in [0.1, 0.15) is 0 Å². The van der Waals surface area contributed by atoms with E-state index in [1.807, 2.05) is 37.3 Å². The second-order valence-corrected chi connectivity index (χ2v) is 12.2. The molecule has 0 aliphatic heterocycles. The number of carbonyl (C=O) groups is 1. The molecule has 0 unspecified atom stereocenters. The molecule has 0 spiro atoms. The number of anilines is 1. The molecule has 0 aromatic heterocycles. The molecule has 3 heteroatoms. The minimum Gasteiger partial charge on any atom is -0.390 e. The lowest BCUT2D eigenvalue weighted by atomic mass is 9.44. The topological polar surface area (TPSA) is 49.3 Å². The van der Waals surface area contributed by atoms with Crippen molar-refractivity contribution >= 4 is 11.5 Å². The first-order valence-corrected chi connectivity index (χ1v) is 12.8. The normalized spacial score (nSPS) is 46.5. The Kier molecular flexibility index (Phi) is 5.28. The number of hydrogen-bond acceptors (Lipinski definition) is 3. The standard InChI is InChI=1S/C28H41NO2/c1-26(31)15-16-27(2)19(17-26)9-10-21-22-11-12-24(28(22,3)14-13-23(21)27)25(30)18-29-20-7-5-4-6-8-20/h4-8,19,21-24,29,31H,9-18H2,1-3H3/t19-,21-,22-,23-,24+,26+,27-,28-/m0/s1. The van der Waals surface area contributed by atoms with Crippen molar-refractivity contribution in [2.24, 2.45) is 40.4 Å². The maximum absolute atomic E-state index is 13.3. The molecule has 4 aliphatic carbocycles. The highest BCUT2D eigenvalue weighted by molar-refractivity contribution is 5.86. The van der Waals surface area contributed by atoms with E-state index in [4.69, 9.17) is 0 Å². The zero-order valence-corrected chi connectivity index (χ0v) is 19.7. The van der Waals surface area contributed by atoms with Crippen LogP contribution in [0.4, 0.5) is 5.69 Å². The highest BCUT2D eigenvalue weighted by Crippen LogP contribution is 2.68. The summed E-state index contributed by atoms with van der Waals surface area (Å²) in [6.07, 6.45) is 10.5. The van der Waals surface area contributed by atoms with Gasteiger partial charge >= 0.3 is 0 Å². The molecule has 0 amide bonds. The molecule has 1 aromatic carbocycles. The van der Waals surface area contributed by atoms with Crippen LogP contribution in [-0.4, -0.2) is 23.0 Å². The Labute approximate surface area is 188 Å². The molecule has 0 heterocycles. The van der Waals surface area contributed by atoms with Crippen molar-refractivity contribution in [2.75, 3.05) is 11.9 Å². The maximum atomic E-state index is 13.3. The third-order valence-corrected chi connectivity index (χ3v) is 10.6. The van der Waals surface area contributed by atoms with Crippen molar-refractivity contribution in [3.63, 3.8) is 0 Å². The molecule has 2 N–H and O–H groups in total. The summed E-state index contributed by atoms with van der Waals surface area (Å²) < 4.78 is 0. The number of hydrogen-bond donors (Lipinski definition) is 2. The van der Waals surface area contributed by atoms with E-state index in [0.717, 1.165) is 36.8 Å². The first kappa shape index (κ1) is 21.5. The van der Waals surface area contributed by atoms with Gasteiger partial charge in [-0.25, -0.2) is 0 Å². The Balaban J connectivity index is 1.30. The first-order valence-electron chi connectivity index (χ1n) is 12.8. The number of carbonyl (C=O) groups excluding carboxylic acids is 1. The number of benzene rings is 1. The quantitative estimate of drug-likeness (QED) is 0.617. The zero-order valence-electron chi connectivity index (χ0n) is 19.7. The van der Waals surface area contributed by atoms with Crippen LogP contribution in [0.1, 0.15) is 78.6 Å². The van der Waals surface area contributed by atoms with Gasteiger partial charge in [-0.2, -0.15) is 0 Å². The van der Waals surface area contributed by atoms with Crippen molar-refractivity contribution in [3.05, 3.63) is 30.3 Å². The number of para-hydroxylation sites is 1. The predicted octanol–water partition coefficient (Wildman–Crippen LogP) is 6.08. The summed E-state index contributed by atoms with van der Waals surface area (Å²) in [5.74, 6) is 3.58. The van der Waals surface area contributed by atoms with Crippen LogP contribution in [0, 0.1) is 40.4 Å². The number of nitrogens with one attached hydrogen (secondary N) is 1. The summed E-state index contributed by atoms with van der Waals surface area (Å²) in [5, 5.41) is 14.1. The van der Waals surface area contributed by atoms with E-state index in [0.29, 0.717) is 29.6 Å². The lowest BCUT2D eigenvalue weighted by Gasteiger charge is -2.61. The molecular weight excluding hydrogens is 382 g/mol. The molecule has 0 saturated heterocycles. The van der Waals surface area contributed by atoms with Crippen LogP contribution >= 0.6 is 0 Å². The Hall–Kier alpha value is -1.35. The Morgan fingerprint density at radius 3 is 2.45 bits per heavy atom. The van der Waals surface area contributed by atoms with Crippen LogP contribution in [0.5, 0.6) is 0 Å². The van der Waals surface area contributed by atoms with Gasteiger partial charge in [-0.3, -0.25) is 4.79 Å². The van der Waals surface area contributed by atoms with E-state index < -0.39 is 5.60 Å². The monoisotopic (exact) mass is 423 g/mol. The molecule has 4 saturated carbocycles. The number of Topliss-reactive ketones (excluding diaryl/α,β-unsaturated/α-hetero) is 1. The second kappa shape index (κ2) is 7.61.